The summed E-state index contributed by atoms with van der Waals surface area (Å²) in [7, 11) is 0. The van der Waals surface area contributed by atoms with E-state index in [1.807, 2.05) is 0 Å². The molecule has 0 saturated heterocycles. The summed E-state index contributed by atoms with van der Waals surface area (Å²) in [5.41, 5.74) is -0.386. The third kappa shape index (κ3) is 2.54. The molecule has 0 fully saturated rings. The van der Waals surface area contributed by atoms with Gasteiger partial charge in [-0.15, -0.1) is 0 Å². The number of pyridine rings is 1. The van der Waals surface area contributed by atoms with E-state index in [0.29, 0.717) is 0 Å². The molecule has 2 aromatic rings. The van der Waals surface area contributed by atoms with Crippen LogP contribution in [0.1, 0.15) is 0 Å². The summed E-state index contributed by atoms with van der Waals surface area (Å²) in [4.78, 5) is 13.7. The van der Waals surface area contributed by atoms with Crippen LogP contribution in [0.25, 0.3) is 0 Å². The quantitative estimate of drug-likeness (QED) is 0.485. The van der Waals surface area contributed by atoms with Crippen LogP contribution in [0, 0.1) is 15.9 Å². The first-order valence-corrected chi connectivity index (χ1v) is 5.19. The van der Waals surface area contributed by atoms with Gasteiger partial charge in [-0.05, 0) is 18.2 Å². The third-order valence-corrected chi connectivity index (χ3v) is 2.26. The van der Waals surface area contributed by atoms with Crippen molar-refractivity contribution >= 4 is 17.3 Å². The van der Waals surface area contributed by atoms with Gasteiger partial charge in [0, 0.05) is 6.07 Å². The lowest BCUT2D eigenvalue weighted by molar-refractivity contribution is -0.386. The molecule has 1 heterocycles. The highest BCUT2D eigenvalue weighted by atomic mass is 35.5. The first-order chi connectivity index (χ1) is 8.58. The van der Waals surface area contributed by atoms with Crippen molar-refractivity contribution in [3.63, 3.8) is 0 Å². The molecule has 0 bridgehead atoms. The minimum Gasteiger partial charge on any atom is -0.431 e. The summed E-state index contributed by atoms with van der Waals surface area (Å²) in [5, 5.41) is 10.8. The smallest absolute Gasteiger partial charge is 0.331 e. The normalized spacial score (nSPS) is 10.1. The van der Waals surface area contributed by atoms with Gasteiger partial charge in [-0.2, -0.15) is 4.98 Å². The summed E-state index contributed by atoms with van der Waals surface area (Å²) in [6.07, 6.45) is 0. The second-order valence-corrected chi connectivity index (χ2v) is 3.64. The Bertz CT molecular complexity index is 607. The number of aromatic nitrogens is 1. The fourth-order valence-electron chi connectivity index (χ4n) is 1.26. The number of halogens is 2. The van der Waals surface area contributed by atoms with Gasteiger partial charge >= 0.3 is 11.6 Å². The maximum Gasteiger partial charge on any atom is 0.331 e. The van der Waals surface area contributed by atoms with E-state index in [9.17, 15) is 14.5 Å². The highest BCUT2D eigenvalue weighted by Crippen LogP contribution is 2.31. The van der Waals surface area contributed by atoms with E-state index in [2.05, 4.69) is 4.98 Å². The largest absolute Gasteiger partial charge is 0.431 e. The zero-order valence-electron chi connectivity index (χ0n) is 8.84. The van der Waals surface area contributed by atoms with Crippen LogP contribution in [0.4, 0.5) is 10.1 Å². The topological polar surface area (TPSA) is 65.3 Å². The Morgan fingerprint density at radius 1 is 1.28 bits per heavy atom. The molecule has 1 aromatic heterocycles. The summed E-state index contributed by atoms with van der Waals surface area (Å²) < 4.78 is 18.4. The van der Waals surface area contributed by atoms with Crippen molar-refractivity contribution in [2.75, 3.05) is 0 Å². The van der Waals surface area contributed by atoms with Gasteiger partial charge in [-0.3, -0.25) is 10.1 Å². The van der Waals surface area contributed by atoms with Crippen LogP contribution in [0.3, 0.4) is 0 Å². The number of rotatable bonds is 3. The molecule has 7 heteroatoms. The molecule has 0 spiro atoms. The zero-order valence-corrected chi connectivity index (χ0v) is 9.60. The first-order valence-electron chi connectivity index (χ1n) is 4.81. The molecule has 0 saturated carbocycles. The first kappa shape index (κ1) is 12.3. The van der Waals surface area contributed by atoms with Crippen molar-refractivity contribution in [1.29, 1.82) is 0 Å². The minimum absolute atomic E-state index is 0.0203. The number of nitrogens with zero attached hydrogens (tertiary/aromatic N) is 2. The number of hydrogen-bond acceptors (Lipinski definition) is 4. The van der Waals surface area contributed by atoms with Crippen LogP contribution in [-0.2, 0) is 0 Å². The standard InChI is InChI=1S/C11H6ClFN2O3/c12-10-6-5-8(15(16)17)11(14-10)18-9-4-2-1-3-7(9)13/h1-6H. The molecule has 2 rings (SSSR count). The Hall–Kier alpha value is -2.21. The van der Waals surface area contributed by atoms with Gasteiger partial charge < -0.3 is 4.74 Å². The lowest BCUT2D eigenvalue weighted by Gasteiger charge is -2.05. The molecular formula is C11H6ClFN2O3. The maximum absolute atomic E-state index is 13.4. The van der Waals surface area contributed by atoms with E-state index in [1.165, 1.54) is 30.3 Å². The molecule has 0 aliphatic heterocycles. The summed E-state index contributed by atoms with van der Waals surface area (Å²) >= 11 is 5.62. The molecule has 1 aromatic carbocycles. The van der Waals surface area contributed by atoms with E-state index in [4.69, 9.17) is 16.3 Å². The van der Waals surface area contributed by atoms with Crippen LogP contribution in [0.5, 0.6) is 11.6 Å². The Morgan fingerprint density at radius 3 is 2.67 bits per heavy atom. The van der Waals surface area contributed by atoms with Crippen LogP contribution in [-0.4, -0.2) is 9.91 Å². The maximum atomic E-state index is 13.4. The van der Waals surface area contributed by atoms with Crippen molar-refractivity contribution < 1.29 is 14.1 Å². The van der Waals surface area contributed by atoms with E-state index in [-0.39, 0.29) is 22.5 Å². The van der Waals surface area contributed by atoms with Crippen LogP contribution >= 0.6 is 11.6 Å². The van der Waals surface area contributed by atoms with Gasteiger partial charge in [0.15, 0.2) is 11.6 Å². The molecule has 0 N–H and O–H groups in total. The van der Waals surface area contributed by atoms with E-state index < -0.39 is 10.7 Å². The summed E-state index contributed by atoms with van der Waals surface area (Å²) in [5.74, 6) is -1.15. The minimum atomic E-state index is -0.681. The SMILES string of the molecule is O=[N+]([O-])c1ccc(Cl)nc1Oc1ccccc1F. The van der Waals surface area contributed by atoms with Gasteiger partial charge in [-0.1, -0.05) is 23.7 Å². The second kappa shape index (κ2) is 4.97. The highest BCUT2D eigenvalue weighted by Gasteiger charge is 2.19. The Balaban J connectivity index is 2.42. The van der Waals surface area contributed by atoms with Crippen LogP contribution in [0.15, 0.2) is 36.4 Å². The van der Waals surface area contributed by atoms with Gasteiger partial charge in [0.05, 0.1) is 4.92 Å². The molecule has 0 unspecified atom stereocenters. The number of ether oxygens (including phenoxy) is 1. The van der Waals surface area contributed by atoms with Crippen LogP contribution < -0.4 is 4.74 Å². The summed E-state index contributed by atoms with van der Waals surface area (Å²) in [6.45, 7) is 0. The van der Waals surface area contributed by atoms with Gasteiger partial charge in [-0.25, -0.2) is 4.39 Å². The predicted octanol–water partition coefficient (Wildman–Crippen LogP) is 3.57. The van der Waals surface area contributed by atoms with Crippen LogP contribution in [0.2, 0.25) is 5.15 Å². The molecule has 0 atom stereocenters. The van der Waals surface area contributed by atoms with E-state index >= 15 is 0 Å². The molecule has 92 valence electrons. The monoisotopic (exact) mass is 268 g/mol. The zero-order chi connectivity index (χ0) is 13.1. The molecule has 0 aliphatic rings. The molecule has 0 aliphatic carbocycles. The van der Waals surface area contributed by atoms with Gasteiger partial charge in [0.2, 0.25) is 0 Å². The lowest BCUT2D eigenvalue weighted by atomic mass is 10.3. The molecular weight excluding hydrogens is 263 g/mol. The number of nitro groups is 1. The third-order valence-electron chi connectivity index (χ3n) is 2.05. The fourth-order valence-corrected chi connectivity index (χ4v) is 1.40. The van der Waals surface area contributed by atoms with Crippen molar-refractivity contribution in [2.45, 2.75) is 0 Å². The molecule has 0 amide bonds. The molecule has 0 radical (unpaired) electrons. The Morgan fingerprint density at radius 2 is 2.00 bits per heavy atom. The summed E-state index contributed by atoms with van der Waals surface area (Å²) in [6, 6.07) is 7.92. The van der Waals surface area contributed by atoms with Crippen molar-refractivity contribution in [3.05, 3.63) is 57.5 Å². The lowest BCUT2D eigenvalue weighted by Crippen LogP contribution is -1.97. The number of hydrogen-bond donors (Lipinski definition) is 0. The van der Waals surface area contributed by atoms with Crippen molar-refractivity contribution in [1.82, 2.24) is 4.98 Å². The Labute approximate surface area is 106 Å². The molecule has 18 heavy (non-hydrogen) atoms. The Kier molecular flexibility index (Phi) is 3.38. The number of para-hydroxylation sites is 1. The number of benzene rings is 1. The molecule has 5 nitrogen and oxygen atoms in total. The van der Waals surface area contributed by atoms with Gasteiger partial charge in [0.25, 0.3) is 0 Å². The fraction of sp³-hybridized carbons (Fsp3) is 0. The van der Waals surface area contributed by atoms with E-state index in [1.54, 1.807) is 0 Å². The van der Waals surface area contributed by atoms with Crippen molar-refractivity contribution in [2.24, 2.45) is 0 Å². The van der Waals surface area contributed by atoms with Crippen molar-refractivity contribution in [3.8, 4) is 11.6 Å². The average Bonchev–Trinajstić information content (AvgIpc) is 2.32. The highest BCUT2D eigenvalue weighted by molar-refractivity contribution is 6.29. The average molecular weight is 269 g/mol. The predicted molar refractivity (Wildman–Crippen MR) is 62.4 cm³/mol. The van der Waals surface area contributed by atoms with Gasteiger partial charge in [0.1, 0.15) is 5.15 Å². The second-order valence-electron chi connectivity index (χ2n) is 3.25. The van der Waals surface area contributed by atoms with E-state index in [0.717, 1.165) is 6.07 Å².